The summed E-state index contributed by atoms with van der Waals surface area (Å²) >= 11 is 0. The zero-order valence-electron chi connectivity index (χ0n) is 21.5. The van der Waals surface area contributed by atoms with Crippen molar-refractivity contribution in [2.75, 3.05) is 26.3 Å². The lowest BCUT2D eigenvalue weighted by molar-refractivity contribution is 0.0303. The lowest BCUT2D eigenvalue weighted by Gasteiger charge is -2.26. The molecule has 0 saturated carbocycles. The predicted molar refractivity (Wildman–Crippen MR) is 147 cm³/mol. The lowest BCUT2D eigenvalue weighted by atomic mass is 10.1. The molecule has 2 aromatic carbocycles. The molecule has 5 aromatic rings. The number of carbonyl (C=O) groups is 1. The monoisotopic (exact) mass is 538 g/mol. The van der Waals surface area contributed by atoms with E-state index in [1.807, 2.05) is 42.5 Å². The molecule has 40 heavy (non-hydrogen) atoms. The van der Waals surface area contributed by atoms with Gasteiger partial charge in [-0.25, -0.2) is 4.79 Å². The van der Waals surface area contributed by atoms with Gasteiger partial charge in [0.1, 0.15) is 12.3 Å². The van der Waals surface area contributed by atoms with Crippen LogP contribution in [-0.2, 0) is 17.9 Å². The predicted octanol–water partition coefficient (Wildman–Crippen LogP) is 2.37. The Bertz CT molecular complexity index is 1760. The minimum absolute atomic E-state index is 0.0401. The van der Waals surface area contributed by atoms with Crippen LogP contribution in [0.3, 0.4) is 0 Å². The Labute approximate surface area is 228 Å². The maximum atomic E-state index is 13.2. The van der Waals surface area contributed by atoms with Gasteiger partial charge in [0.25, 0.3) is 5.91 Å². The molecule has 1 amide bonds. The first kappa shape index (κ1) is 25.3. The number of ether oxygens (including phenoxy) is 2. The molecule has 0 atom stereocenters. The van der Waals surface area contributed by atoms with Crippen LogP contribution in [0.15, 0.2) is 88.7 Å². The number of imidazole rings is 1. The van der Waals surface area contributed by atoms with Crippen molar-refractivity contribution >= 4 is 17.1 Å². The molecule has 6 rings (SSSR count). The second-order valence-electron chi connectivity index (χ2n) is 9.34. The molecule has 1 aliphatic heterocycles. The zero-order chi connectivity index (χ0) is 27.5. The molecular formula is C29H26N6O5. The number of aromatic nitrogens is 5. The highest BCUT2D eigenvalue weighted by atomic mass is 16.5. The van der Waals surface area contributed by atoms with Gasteiger partial charge in [-0.05, 0) is 35.4 Å². The van der Waals surface area contributed by atoms with E-state index in [1.165, 1.54) is 10.8 Å². The molecule has 1 fully saturated rings. The van der Waals surface area contributed by atoms with Crippen LogP contribution in [0.25, 0.3) is 16.9 Å². The third-order valence-electron chi connectivity index (χ3n) is 6.73. The standard InChI is InChI=1S/C29H26N6O5/c36-26-24-25(31-28(38)35(24)23-7-4-12-30-17-23)34(18-20-5-2-1-3-6-20)29(32-26)40-19-21-8-10-22(11-9-21)27(37)33-13-15-39-16-14-33/h1-12,17H,13-16,18-19H2,(H,31,38). The van der Waals surface area contributed by atoms with Gasteiger partial charge >= 0.3 is 17.3 Å². The van der Waals surface area contributed by atoms with Crippen molar-refractivity contribution in [3.63, 3.8) is 0 Å². The van der Waals surface area contributed by atoms with E-state index in [9.17, 15) is 14.4 Å². The molecular weight excluding hydrogens is 512 g/mol. The second kappa shape index (κ2) is 11.0. The van der Waals surface area contributed by atoms with Crippen LogP contribution in [0.2, 0.25) is 0 Å². The Balaban J connectivity index is 1.33. The molecule has 1 N–H and O–H groups in total. The summed E-state index contributed by atoms with van der Waals surface area (Å²) in [5.41, 5.74) is 2.06. The SMILES string of the molecule is O=C(c1ccc(COc2nc(=O)c3c([nH]c(=O)n3-c3cccnc3)n2Cc2ccccc2)cc1)N1CCOCC1. The van der Waals surface area contributed by atoms with Crippen LogP contribution in [0.5, 0.6) is 6.01 Å². The van der Waals surface area contributed by atoms with Gasteiger partial charge in [0.05, 0.1) is 31.6 Å². The summed E-state index contributed by atoms with van der Waals surface area (Å²) in [7, 11) is 0. The molecule has 0 aliphatic carbocycles. The first-order valence-electron chi connectivity index (χ1n) is 12.9. The van der Waals surface area contributed by atoms with E-state index in [1.54, 1.807) is 39.9 Å². The number of hydrogen-bond acceptors (Lipinski definition) is 7. The van der Waals surface area contributed by atoms with Gasteiger partial charge in [0, 0.05) is 24.8 Å². The van der Waals surface area contributed by atoms with Crippen molar-refractivity contribution in [1.29, 1.82) is 0 Å². The van der Waals surface area contributed by atoms with Gasteiger partial charge in [-0.1, -0.05) is 42.5 Å². The number of aromatic amines is 1. The molecule has 0 radical (unpaired) electrons. The Hall–Kier alpha value is -5.03. The summed E-state index contributed by atoms with van der Waals surface area (Å²) in [4.78, 5) is 51.9. The molecule has 1 aliphatic rings. The molecule has 4 heterocycles. The van der Waals surface area contributed by atoms with Gasteiger partial charge in [0.15, 0.2) is 5.52 Å². The lowest BCUT2D eigenvalue weighted by Crippen LogP contribution is -2.40. The van der Waals surface area contributed by atoms with Crippen molar-refractivity contribution in [1.82, 2.24) is 29.0 Å². The summed E-state index contributed by atoms with van der Waals surface area (Å²) in [6.07, 6.45) is 3.10. The zero-order valence-corrected chi connectivity index (χ0v) is 21.5. The fraction of sp³-hybridized carbons (Fsp3) is 0.207. The van der Waals surface area contributed by atoms with E-state index >= 15 is 0 Å². The molecule has 1 saturated heterocycles. The number of H-pyrrole nitrogens is 1. The van der Waals surface area contributed by atoms with E-state index in [-0.39, 0.29) is 24.0 Å². The number of carbonyl (C=O) groups excluding carboxylic acids is 1. The van der Waals surface area contributed by atoms with Crippen LogP contribution in [0.4, 0.5) is 0 Å². The van der Waals surface area contributed by atoms with Gasteiger partial charge in [-0.15, -0.1) is 0 Å². The van der Waals surface area contributed by atoms with E-state index in [4.69, 9.17) is 9.47 Å². The summed E-state index contributed by atoms with van der Waals surface area (Å²) in [6, 6.07) is 20.2. The average Bonchev–Trinajstić information content (AvgIpc) is 3.36. The number of fused-ring (bicyclic) bond motifs is 1. The van der Waals surface area contributed by atoms with Crippen LogP contribution in [-0.4, -0.2) is 61.2 Å². The first-order valence-corrected chi connectivity index (χ1v) is 12.9. The Kier molecular flexibility index (Phi) is 6.94. The van der Waals surface area contributed by atoms with Gasteiger partial charge < -0.3 is 14.4 Å². The first-order chi connectivity index (χ1) is 19.6. The van der Waals surface area contributed by atoms with E-state index < -0.39 is 11.2 Å². The molecule has 11 nitrogen and oxygen atoms in total. The number of benzene rings is 2. The van der Waals surface area contributed by atoms with Gasteiger partial charge in [0.2, 0.25) is 0 Å². The third-order valence-corrected chi connectivity index (χ3v) is 6.73. The van der Waals surface area contributed by atoms with E-state index in [0.717, 1.165) is 11.1 Å². The van der Waals surface area contributed by atoms with Crippen LogP contribution in [0.1, 0.15) is 21.5 Å². The number of nitrogens with one attached hydrogen (secondary N) is 1. The highest BCUT2D eigenvalue weighted by molar-refractivity contribution is 5.94. The number of nitrogens with zero attached hydrogens (tertiary/aromatic N) is 5. The van der Waals surface area contributed by atoms with Crippen molar-refractivity contribution in [2.24, 2.45) is 0 Å². The van der Waals surface area contributed by atoms with Crippen molar-refractivity contribution < 1.29 is 14.3 Å². The van der Waals surface area contributed by atoms with Crippen molar-refractivity contribution in [3.05, 3.63) is 117 Å². The molecule has 0 unspecified atom stereocenters. The average molecular weight is 539 g/mol. The molecule has 3 aromatic heterocycles. The van der Waals surface area contributed by atoms with Crippen LogP contribution in [0, 0.1) is 0 Å². The summed E-state index contributed by atoms with van der Waals surface area (Å²) in [6.45, 7) is 2.63. The summed E-state index contributed by atoms with van der Waals surface area (Å²) < 4.78 is 14.3. The smallest absolute Gasteiger partial charge is 0.332 e. The molecule has 202 valence electrons. The Morgan fingerprint density at radius 3 is 2.45 bits per heavy atom. The summed E-state index contributed by atoms with van der Waals surface area (Å²) in [5.74, 6) is -0.0401. The van der Waals surface area contributed by atoms with E-state index in [2.05, 4.69) is 15.0 Å². The quantitative estimate of drug-likeness (QED) is 0.337. The normalized spacial score (nSPS) is 13.4. The second-order valence-corrected chi connectivity index (χ2v) is 9.34. The minimum atomic E-state index is -0.608. The van der Waals surface area contributed by atoms with Crippen molar-refractivity contribution in [2.45, 2.75) is 13.2 Å². The van der Waals surface area contributed by atoms with Crippen LogP contribution >= 0.6 is 0 Å². The molecule has 0 bridgehead atoms. The number of amides is 1. The highest BCUT2D eigenvalue weighted by Gasteiger charge is 2.21. The van der Waals surface area contributed by atoms with Crippen molar-refractivity contribution in [3.8, 4) is 11.7 Å². The third kappa shape index (κ3) is 5.02. The van der Waals surface area contributed by atoms with Gasteiger partial charge in [-0.2, -0.15) is 4.98 Å². The largest absolute Gasteiger partial charge is 0.460 e. The Morgan fingerprint density at radius 1 is 0.950 bits per heavy atom. The fourth-order valence-corrected chi connectivity index (χ4v) is 4.71. The van der Waals surface area contributed by atoms with E-state index in [0.29, 0.717) is 49.7 Å². The number of rotatable bonds is 7. The Morgan fingerprint density at radius 2 is 1.73 bits per heavy atom. The minimum Gasteiger partial charge on any atom is -0.460 e. The maximum absolute atomic E-state index is 13.2. The van der Waals surface area contributed by atoms with Crippen LogP contribution < -0.4 is 16.0 Å². The highest BCUT2D eigenvalue weighted by Crippen LogP contribution is 2.20. The number of pyridine rings is 1. The molecule has 11 heteroatoms. The topological polar surface area (TPSA) is 124 Å². The summed E-state index contributed by atoms with van der Waals surface area (Å²) in [5, 5.41) is 0. The molecule has 0 spiro atoms. The fourth-order valence-electron chi connectivity index (χ4n) is 4.71. The maximum Gasteiger partial charge on any atom is 0.332 e. The van der Waals surface area contributed by atoms with Gasteiger partial charge in [-0.3, -0.25) is 28.7 Å². The number of morpholine rings is 1. The number of hydrogen-bond donors (Lipinski definition) is 1.